The Morgan fingerprint density at radius 1 is 0.804 bits per heavy atom. The van der Waals surface area contributed by atoms with Crippen molar-refractivity contribution in [3.63, 3.8) is 0 Å². The van der Waals surface area contributed by atoms with Crippen molar-refractivity contribution in [2.24, 2.45) is 11.3 Å². The SMILES string of the molecule is C=Cc1c2[nH]c(c1C)C=c1[nH]c(c(CCC(=O)O)c1C)=Cc1[nH]c(c(C)c1CCC(=O)O)C=C1NC(=C2)C2(C)C1=CC=C(C(=O)O)C2C(=O)OC. The molecule has 3 aliphatic rings. The average Bonchev–Trinajstić information content (AvgIpc) is 3.73. The van der Waals surface area contributed by atoms with Crippen LogP contribution in [0.4, 0.5) is 0 Å². The summed E-state index contributed by atoms with van der Waals surface area (Å²) in [7, 11) is 1.24. The van der Waals surface area contributed by atoms with Gasteiger partial charge in [0, 0.05) is 63.3 Å². The van der Waals surface area contributed by atoms with Crippen LogP contribution in [0.3, 0.4) is 0 Å². The third-order valence-electron chi connectivity index (χ3n) is 10.5. The molecule has 3 aromatic rings. The normalized spacial score (nSPS) is 18.9. The Labute approximate surface area is 293 Å². The Morgan fingerprint density at radius 3 is 2.06 bits per heavy atom. The Hall–Kier alpha value is -6.04. The first-order chi connectivity index (χ1) is 24.2. The zero-order chi connectivity index (χ0) is 36.9. The minimum atomic E-state index is -1.23. The van der Waals surface area contributed by atoms with Crippen LogP contribution < -0.4 is 16.0 Å². The molecule has 12 heteroatoms. The van der Waals surface area contributed by atoms with Crippen LogP contribution in [-0.2, 0) is 36.8 Å². The molecular weight excluding hydrogens is 652 g/mol. The summed E-state index contributed by atoms with van der Waals surface area (Å²) in [5.41, 5.74) is 8.32. The van der Waals surface area contributed by atoms with Gasteiger partial charge in [-0.1, -0.05) is 24.8 Å². The predicted molar refractivity (Wildman–Crippen MR) is 191 cm³/mol. The largest absolute Gasteiger partial charge is 0.481 e. The van der Waals surface area contributed by atoms with E-state index < -0.39 is 35.2 Å². The van der Waals surface area contributed by atoms with Gasteiger partial charge >= 0.3 is 23.9 Å². The second-order valence-electron chi connectivity index (χ2n) is 13.3. The lowest BCUT2D eigenvalue weighted by molar-refractivity contribution is -0.149. The van der Waals surface area contributed by atoms with Crippen molar-refractivity contribution < 1.29 is 39.2 Å². The van der Waals surface area contributed by atoms with Crippen molar-refractivity contribution in [1.29, 1.82) is 0 Å². The molecule has 2 atom stereocenters. The molecule has 51 heavy (non-hydrogen) atoms. The van der Waals surface area contributed by atoms with Crippen LogP contribution in [0.2, 0.25) is 0 Å². The number of ether oxygens (including phenoxy) is 1. The van der Waals surface area contributed by atoms with E-state index in [9.17, 15) is 34.5 Å². The molecule has 8 bridgehead atoms. The number of rotatable bonds is 9. The fraction of sp³-hybridized carbons (Fsp3) is 0.282. The summed E-state index contributed by atoms with van der Waals surface area (Å²) in [6.45, 7) is 11.7. The smallest absolute Gasteiger partial charge is 0.332 e. The first kappa shape index (κ1) is 34.8. The number of hydrogen-bond acceptors (Lipinski definition) is 6. The van der Waals surface area contributed by atoms with E-state index in [0.29, 0.717) is 39.4 Å². The molecule has 1 fully saturated rings. The maximum absolute atomic E-state index is 13.5. The Balaban J connectivity index is 1.72. The zero-order valence-electron chi connectivity index (χ0n) is 29.0. The molecular formula is C39H40N4O8. The number of H-pyrrole nitrogens is 3. The van der Waals surface area contributed by atoms with Gasteiger partial charge < -0.3 is 40.3 Å². The van der Waals surface area contributed by atoms with E-state index in [4.69, 9.17) is 4.74 Å². The molecule has 0 amide bonds. The van der Waals surface area contributed by atoms with Crippen LogP contribution in [0, 0.1) is 32.1 Å². The maximum Gasteiger partial charge on any atom is 0.332 e. The van der Waals surface area contributed by atoms with E-state index in [1.807, 2.05) is 52.0 Å². The topological polar surface area (TPSA) is 198 Å². The van der Waals surface area contributed by atoms with E-state index in [1.165, 1.54) is 13.2 Å². The van der Waals surface area contributed by atoms with Crippen LogP contribution in [0.1, 0.15) is 75.9 Å². The van der Waals surface area contributed by atoms with Gasteiger partial charge in [-0.05, 0) is 98.2 Å². The molecule has 5 heterocycles. The summed E-state index contributed by atoms with van der Waals surface area (Å²) in [6.07, 6.45) is 12.8. The highest BCUT2D eigenvalue weighted by Gasteiger charge is 2.55. The van der Waals surface area contributed by atoms with Gasteiger partial charge in [0.1, 0.15) is 5.92 Å². The molecule has 0 radical (unpaired) electrons. The summed E-state index contributed by atoms with van der Waals surface area (Å²) < 4.78 is 5.20. The molecule has 264 valence electrons. The van der Waals surface area contributed by atoms with Crippen molar-refractivity contribution in [2.45, 2.75) is 53.4 Å². The van der Waals surface area contributed by atoms with Gasteiger partial charge in [-0.15, -0.1) is 0 Å². The van der Waals surface area contributed by atoms with E-state index in [0.717, 1.165) is 44.4 Å². The predicted octanol–water partition coefficient (Wildman–Crippen LogP) is 3.98. The highest BCUT2D eigenvalue weighted by molar-refractivity contribution is 5.97. The number of hydrogen-bond donors (Lipinski definition) is 7. The molecule has 7 N–H and O–H groups in total. The highest BCUT2D eigenvalue weighted by atomic mass is 16.5. The summed E-state index contributed by atoms with van der Waals surface area (Å²) in [5, 5.41) is 34.3. The molecule has 0 spiro atoms. The molecule has 3 aromatic heterocycles. The van der Waals surface area contributed by atoms with Crippen molar-refractivity contribution >= 4 is 54.3 Å². The second kappa shape index (κ2) is 13.0. The molecule has 0 saturated carbocycles. The van der Waals surface area contributed by atoms with E-state index in [1.54, 1.807) is 12.2 Å². The molecule has 2 unspecified atom stereocenters. The number of aromatic amines is 3. The first-order valence-corrected chi connectivity index (χ1v) is 16.5. The number of carboxylic acid groups (broad SMARTS) is 3. The minimum absolute atomic E-state index is 0.0734. The standard InChI is InChI=1S/C39H40N4O8/c1-7-21-18(2)26-14-27-19(3)22(9-12-34(44)45)29(40-27)16-30-23(10-13-35(46)47)20(4)28(41-30)15-32-25-11-8-24(37(48)49)36(38(50)51-6)39(25,5)33(43-32)17-31(21)42-26/h7-8,11,14-17,36,40-43H,1,9-10,12-13H2,2-6H3,(H,44,45)(H,46,47)(H,48,49). The number of carbonyl (C=O) groups is 4. The highest BCUT2D eigenvalue weighted by Crippen LogP contribution is 2.55. The molecule has 1 aliphatic carbocycles. The maximum atomic E-state index is 13.5. The minimum Gasteiger partial charge on any atom is -0.481 e. The van der Waals surface area contributed by atoms with E-state index in [-0.39, 0.29) is 31.3 Å². The van der Waals surface area contributed by atoms with Crippen molar-refractivity contribution in [3.8, 4) is 0 Å². The molecule has 1 saturated heterocycles. The van der Waals surface area contributed by atoms with Gasteiger partial charge in [0.2, 0.25) is 0 Å². The third kappa shape index (κ3) is 5.86. The lowest BCUT2D eigenvalue weighted by Gasteiger charge is -2.36. The van der Waals surface area contributed by atoms with Crippen LogP contribution in [-0.4, -0.2) is 61.3 Å². The number of esters is 1. The van der Waals surface area contributed by atoms with E-state index >= 15 is 0 Å². The third-order valence-corrected chi connectivity index (χ3v) is 10.5. The molecule has 2 aliphatic heterocycles. The first-order valence-electron chi connectivity index (χ1n) is 16.5. The number of aliphatic carboxylic acids is 3. The fourth-order valence-corrected chi connectivity index (χ4v) is 7.65. The average molecular weight is 693 g/mol. The number of carboxylic acids is 3. The molecule has 6 rings (SSSR count). The number of nitrogens with one attached hydrogen (secondary N) is 4. The van der Waals surface area contributed by atoms with Crippen LogP contribution in [0.15, 0.2) is 41.3 Å². The lowest BCUT2D eigenvalue weighted by atomic mass is 9.64. The van der Waals surface area contributed by atoms with E-state index in [2.05, 4.69) is 26.8 Å². The summed E-state index contributed by atoms with van der Waals surface area (Å²) in [4.78, 5) is 59.9. The quantitative estimate of drug-likeness (QED) is 0.162. The van der Waals surface area contributed by atoms with Gasteiger partial charge in [0.25, 0.3) is 0 Å². The summed E-state index contributed by atoms with van der Waals surface area (Å²) in [5.74, 6) is -4.98. The zero-order valence-corrected chi connectivity index (χ0v) is 29.0. The number of carbonyl (C=O) groups excluding carboxylic acids is 1. The van der Waals surface area contributed by atoms with Gasteiger partial charge in [-0.2, -0.15) is 0 Å². The Kier molecular flexibility index (Phi) is 8.88. The van der Waals surface area contributed by atoms with Crippen LogP contribution >= 0.6 is 0 Å². The molecule has 0 aromatic carbocycles. The lowest BCUT2D eigenvalue weighted by Crippen LogP contribution is -2.40. The van der Waals surface area contributed by atoms with Crippen LogP contribution in [0.25, 0.3) is 30.4 Å². The van der Waals surface area contributed by atoms with Gasteiger partial charge in [-0.25, -0.2) is 4.79 Å². The van der Waals surface area contributed by atoms with Crippen molar-refractivity contribution in [1.82, 2.24) is 20.3 Å². The monoisotopic (exact) mass is 692 g/mol. The second-order valence-corrected chi connectivity index (χ2v) is 13.3. The van der Waals surface area contributed by atoms with Gasteiger partial charge in [0.15, 0.2) is 0 Å². The Morgan fingerprint density at radius 2 is 1.43 bits per heavy atom. The number of fused-ring (bicyclic) bond motifs is 11. The summed E-state index contributed by atoms with van der Waals surface area (Å²) in [6, 6.07) is 0. The fourth-order valence-electron chi connectivity index (χ4n) is 7.65. The summed E-state index contributed by atoms with van der Waals surface area (Å²) >= 11 is 0. The van der Waals surface area contributed by atoms with Gasteiger partial charge in [-0.3, -0.25) is 14.4 Å². The van der Waals surface area contributed by atoms with Crippen LogP contribution in [0.5, 0.6) is 0 Å². The van der Waals surface area contributed by atoms with Gasteiger partial charge in [0.05, 0.1) is 18.1 Å². The van der Waals surface area contributed by atoms with Crippen molar-refractivity contribution in [2.75, 3.05) is 7.11 Å². The molecule has 12 nitrogen and oxygen atoms in total. The number of allylic oxidation sites excluding steroid dienone is 4. The number of aromatic nitrogens is 3. The van der Waals surface area contributed by atoms with Crippen molar-refractivity contribution in [3.05, 3.63) is 108 Å². The number of methoxy groups -OCH3 is 1. The Bertz CT molecular complexity index is 2300.